The van der Waals surface area contributed by atoms with Crippen LogP contribution in [-0.4, -0.2) is 49.9 Å². The van der Waals surface area contributed by atoms with E-state index in [0.29, 0.717) is 18.3 Å². The van der Waals surface area contributed by atoms with Crippen LogP contribution in [0.3, 0.4) is 0 Å². The predicted molar refractivity (Wildman–Crippen MR) is 121 cm³/mol. The van der Waals surface area contributed by atoms with Crippen molar-refractivity contribution in [3.05, 3.63) is 64.0 Å². The van der Waals surface area contributed by atoms with E-state index in [-0.39, 0.29) is 28.6 Å². The highest BCUT2D eigenvalue weighted by Gasteiger charge is 2.29. The Bertz CT molecular complexity index is 1200. The van der Waals surface area contributed by atoms with E-state index in [4.69, 9.17) is 16.3 Å². The number of benzene rings is 2. The van der Waals surface area contributed by atoms with Crippen LogP contribution in [0, 0.1) is 6.92 Å². The zero-order valence-corrected chi connectivity index (χ0v) is 19.1. The minimum absolute atomic E-state index is 0.0685. The summed E-state index contributed by atoms with van der Waals surface area (Å²) in [5.74, 6) is -0.458. The first-order valence-electron chi connectivity index (χ1n) is 9.56. The largest absolute Gasteiger partial charge is 0.379 e. The Morgan fingerprint density at radius 2 is 1.87 bits per heavy atom. The van der Waals surface area contributed by atoms with Crippen molar-refractivity contribution < 1.29 is 17.9 Å². The molecule has 0 unspecified atom stereocenters. The number of aryl methyl sites for hydroxylation is 1. The Balaban J connectivity index is 1.54. The number of sulfonamides is 1. The maximum absolute atomic E-state index is 13.0. The van der Waals surface area contributed by atoms with E-state index in [1.807, 2.05) is 36.6 Å². The number of halogens is 1. The maximum Gasteiger partial charge on any atom is 0.257 e. The molecule has 31 heavy (non-hydrogen) atoms. The second-order valence-electron chi connectivity index (χ2n) is 7.02. The summed E-state index contributed by atoms with van der Waals surface area (Å²) >= 11 is 7.47. The first-order valence-corrected chi connectivity index (χ1v) is 12.3. The van der Waals surface area contributed by atoms with Gasteiger partial charge in [-0.2, -0.15) is 4.31 Å². The molecule has 0 bridgehead atoms. The van der Waals surface area contributed by atoms with E-state index in [2.05, 4.69) is 10.3 Å². The van der Waals surface area contributed by atoms with Crippen molar-refractivity contribution in [2.75, 3.05) is 31.6 Å². The Kier molecular flexibility index (Phi) is 6.40. The van der Waals surface area contributed by atoms with E-state index in [1.54, 1.807) is 0 Å². The molecular weight excluding hydrogens is 458 g/mol. The average molecular weight is 478 g/mol. The molecule has 1 fully saturated rings. The minimum atomic E-state index is -3.83. The molecule has 4 rings (SSSR count). The third-order valence-corrected chi connectivity index (χ3v) is 7.99. The lowest BCUT2D eigenvalue weighted by molar-refractivity contribution is 0.0730. The quantitative estimate of drug-likeness (QED) is 0.599. The fourth-order valence-electron chi connectivity index (χ4n) is 3.13. The first kappa shape index (κ1) is 21.9. The van der Waals surface area contributed by atoms with Crippen LogP contribution in [0.15, 0.2) is 52.7 Å². The maximum atomic E-state index is 13.0. The molecule has 1 N–H and O–H groups in total. The molecule has 1 aliphatic rings. The second-order valence-corrected chi connectivity index (χ2v) is 10.2. The third kappa shape index (κ3) is 4.81. The normalized spacial score (nSPS) is 15.0. The first-order chi connectivity index (χ1) is 14.8. The molecule has 0 saturated carbocycles. The summed E-state index contributed by atoms with van der Waals surface area (Å²) in [6.07, 6.45) is 0. The lowest BCUT2D eigenvalue weighted by Gasteiger charge is -2.26. The molecule has 1 saturated heterocycles. The molecule has 10 heteroatoms. The molecule has 2 aromatic carbocycles. The number of carbonyl (C=O) groups is 1. The van der Waals surface area contributed by atoms with Gasteiger partial charge in [0, 0.05) is 29.6 Å². The standard InChI is InChI=1S/C21H20ClN3O4S2/c1-14-2-4-15(5-3-14)18-13-30-21(23-18)24-20(26)16-6-7-17(22)19(12-16)31(27,28)25-8-10-29-11-9-25/h2-7,12-13H,8-11H2,1H3,(H,23,24,26). The molecule has 0 aliphatic carbocycles. The molecule has 0 atom stereocenters. The number of hydrogen-bond acceptors (Lipinski definition) is 6. The van der Waals surface area contributed by atoms with E-state index in [9.17, 15) is 13.2 Å². The van der Waals surface area contributed by atoms with E-state index < -0.39 is 15.9 Å². The number of hydrogen-bond donors (Lipinski definition) is 1. The molecule has 1 aliphatic heterocycles. The number of anilines is 1. The number of rotatable bonds is 5. The van der Waals surface area contributed by atoms with Crippen molar-refractivity contribution in [2.24, 2.45) is 0 Å². The molecular formula is C21H20ClN3O4S2. The number of nitrogens with zero attached hydrogens (tertiary/aromatic N) is 2. The third-order valence-electron chi connectivity index (χ3n) is 4.85. The Hall–Kier alpha value is -2.30. The van der Waals surface area contributed by atoms with Gasteiger partial charge < -0.3 is 4.74 Å². The summed E-state index contributed by atoms with van der Waals surface area (Å²) in [4.78, 5) is 17.1. The zero-order valence-electron chi connectivity index (χ0n) is 16.7. The van der Waals surface area contributed by atoms with Gasteiger partial charge in [0.05, 0.1) is 23.9 Å². The molecule has 0 radical (unpaired) electrons. The van der Waals surface area contributed by atoms with Gasteiger partial charge in [0.1, 0.15) is 4.90 Å². The number of carbonyl (C=O) groups excluding carboxylic acids is 1. The summed E-state index contributed by atoms with van der Waals surface area (Å²) in [5.41, 5.74) is 3.04. The molecule has 0 spiro atoms. The number of amides is 1. The van der Waals surface area contributed by atoms with Gasteiger partial charge >= 0.3 is 0 Å². The van der Waals surface area contributed by atoms with E-state index >= 15 is 0 Å². The average Bonchev–Trinajstić information content (AvgIpc) is 3.23. The number of nitrogens with one attached hydrogen (secondary N) is 1. The molecule has 1 amide bonds. The molecule has 3 aromatic rings. The van der Waals surface area contributed by atoms with Crippen LogP contribution in [0.1, 0.15) is 15.9 Å². The summed E-state index contributed by atoms with van der Waals surface area (Å²) in [6.45, 7) is 3.15. The topological polar surface area (TPSA) is 88.6 Å². The van der Waals surface area contributed by atoms with Gasteiger partial charge in [0.2, 0.25) is 10.0 Å². The van der Waals surface area contributed by atoms with Gasteiger partial charge in [-0.05, 0) is 25.1 Å². The fraction of sp³-hybridized carbons (Fsp3) is 0.238. The van der Waals surface area contributed by atoms with Crippen molar-refractivity contribution in [3.63, 3.8) is 0 Å². The van der Waals surface area contributed by atoms with Crippen LogP contribution in [0.2, 0.25) is 5.02 Å². The van der Waals surface area contributed by atoms with E-state index in [0.717, 1.165) is 16.8 Å². The van der Waals surface area contributed by atoms with Crippen molar-refractivity contribution >= 4 is 44.0 Å². The number of morpholine rings is 1. The Morgan fingerprint density at radius 1 is 1.16 bits per heavy atom. The number of thiazole rings is 1. The van der Waals surface area contributed by atoms with Crippen LogP contribution in [0.5, 0.6) is 0 Å². The zero-order chi connectivity index (χ0) is 22.0. The van der Waals surface area contributed by atoms with Crippen LogP contribution < -0.4 is 5.32 Å². The van der Waals surface area contributed by atoms with Gasteiger partial charge in [-0.3, -0.25) is 10.1 Å². The van der Waals surface area contributed by atoms with Gasteiger partial charge in [0.25, 0.3) is 5.91 Å². The van der Waals surface area contributed by atoms with Crippen LogP contribution >= 0.6 is 22.9 Å². The van der Waals surface area contributed by atoms with Crippen molar-refractivity contribution in [1.82, 2.24) is 9.29 Å². The summed E-state index contributed by atoms with van der Waals surface area (Å²) in [7, 11) is -3.83. The number of aromatic nitrogens is 1. The van der Waals surface area contributed by atoms with Crippen LogP contribution in [0.25, 0.3) is 11.3 Å². The Labute approximate surface area is 189 Å². The van der Waals surface area contributed by atoms with Crippen molar-refractivity contribution in [2.45, 2.75) is 11.8 Å². The number of ether oxygens (including phenoxy) is 1. The molecule has 162 valence electrons. The van der Waals surface area contributed by atoms with Crippen molar-refractivity contribution in [1.29, 1.82) is 0 Å². The van der Waals surface area contributed by atoms with Crippen molar-refractivity contribution in [3.8, 4) is 11.3 Å². The van der Waals surface area contributed by atoms with Gasteiger partial charge in [-0.1, -0.05) is 41.4 Å². The molecule has 2 heterocycles. The van der Waals surface area contributed by atoms with Crippen LogP contribution in [0.4, 0.5) is 5.13 Å². The monoisotopic (exact) mass is 477 g/mol. The highest BCUT2D eigenvalue weighted by atomic mass is 35.5. The van der Waals surface area contributed by atoms with Crippen LogP contribution in [-0.2, 0) is 14.8 Å². The van der Waals surface area contributed by atoms with E-state index in [1.165, 1.54) is 33.8 Å². The summed E-state index contributed by atoms with van der Waals surface area (Å²) < 4.78 is 32.5. The molecule has 7 nitrogen and oxygen atoms in total. The van der Waals surface area contributed by atoms with Gasteiger partial charge in [-0.15, -0.1) is 11.3 Å². The second kappa shape index (κ2) is 9.05. The highest BCUT2D eigenvalue weighted by molar-refractivity contribution is 7.89. The predicted octanol–water partition coefficient (Wildman–Crippen LogP) is 4.05. The lowest BCUT2D eigenvalue weighted by atomic mass is 10.1. The molecule has 1 aromatic heterocycles. The SMILES string of the molecule is Cc1ccc(-c2csc(NC(=O)c3ccc(Cl)c(S(=O)(=O)N4CCOCC4)c3)n2)cc1. The summed E-state index contributed by atoms with van der Waals surface area (Å²) in [6, 6.07) is 12.1. The fourth-order valence-corrected chi connectivity index (χ4v) is 5.75. The minimum Gasteiger partial charge on any atom is -0.379 e. The smallest absolute Gasteiger partial charge is 0.257 e. The Morgan fingerprint density at radius 3 is 2.58 bits per heavy atom. The highest BCUT2D eigenvalue weighted by Crippen LogP contribution is 2.28. The lowest BCUT2D eigenvalue weighted by Crippen LogP contribution is -2.40. The van der Waals surface area contributed by atoms with Gasteiger partial charge in [0.15, 0.2) is 5.13 Å². The van der Waals surface area contributed by atoms with Gasteiger partial charge in [-0.25, -0.2) is 13.4 Å². The summed E-state index contributed by atoms with van der Waals surface area (Å²) in [5, 5.41) is 5.08.